The summed E-state index contributed by atoms with van der Waals surface area (Å²) in [5, 5.41) is 12.3. The van der Waals surface area contributed by atoms with Crippen LogP contribution in [0.4, 0.5) is 0 Å². The molecule has 2 N–H and O–H groups in total. The Morgan fingerprint density at radius 2 is 1.88 bits per heavy atom. The lowest BCUT2D eigenvalue weighted by Gasteiger charge is -2.18. The standard InChI is InChI=1S/C13H21NOS/c1-4-16-13-7-5-12(6-8-13)11(3)14-10(2)9-15/h5-8,10-11,14-15H,4,9H2,1-3H3/t10-,11?/m1/s1. The highest BCUT2D eigenvalue weighted by atomic mass is 32.2. The van der Waals surface area contributed by atoms with Crippen LogP contribution < -0.4 is 5.32 Å². The first-order valence-electron chi connectivity index (χ1n) is 5.77. The molecule has 1 rings (SSSR count). The van der Waals surface area contributed by atoms with Crippen LogP contribution in [0.3, 0.4) is 0 Å². The van der Waals surface area contributed by atoms with E-state index in [0.717, 1.165) is 5.75 Å². The molecule has 0 heterocycles. The SMILES string of the molecule is CCSc1ccc(C(C)N[C@H](C)CO)cc1. The van der Waals surface area contributed by atoms with Gasteiger partial charge in [-0.15, -0.1) is 11.8 Å². The van der Waals surface area contributed by atoms with Gasteiger partial charge in [0, 0.05) is 17.0 Å². The predicted molar refractivity (Wildman–Crippen MR) is 70.9 cm³/mol. The largest absolute Gasteiger partial charge is 0.395 e. The van der Waals surface area contributed by atoms with E-state index in [-0.39, 0.29) is 18.7 Å². The minimum atomic E-state index is 0.139. The maximum absolute atomic E-state index is 8.98. The van der Waals surface area contributed by atoms with Crippen molar-refractivity contribution in [3.8, 4) is 0 Å². The maximum Gasteiger partial charge on any atom is 0.0582 e. The topological polar surface area (TPSA) is 32.3 Å². The van der Waals surface area contributed by atoms with Crippen molar-refractivity contribution in [2.24, 2.45) is 0 Å². The Labute approximate surface area is 102 Å². The Morgan fingerprint density at radius 3 is 2.38 bits per heavy atom. The van der Waals surface area contributed by atoms with Gasteiger partial charge in [-0.2, -0.15) is 0 Å². The molecule has 0 aliphatic heterocycles. The van der Waals surface area contributed by atoms with Gasteiger partial charge in [0.05, 0.1) is 6.61 Å². The van der Waals surface area contributed by atoms with E-state index in [2.05, 4.69) is 43.4 Å². The van der Waals surface area contributed by atoms with Gasteiger partial charge in [-0.25, -0.2) is 0 Å². The zero-order valence-corrected chi connectivity index (χ0v) is 11.1. The van der Waals surface area contributed by atoms with Crippen LogP contribution in [-0.2, 0) is 0 Å². The van der Waals surface area contributed by atoms with Crippen molar-refractivity contribution in [3.63, 3.8) is 0 Å². The van der Waals surface area contributed by atoms with Crippen molar-refractivity contribution in [1.82, 2.24) is 5.32 Å². The van der Waals surface area contributed by atoms with E-state index >= 15 is 0 Å². The van der Waals surface area contributed by atoms with Crippen molar-refractivity contribution in [2.75, 3.05) is 12.4 Å². The van der Waals surface area contributed by atoms with E-state index in [1.54, 1.807) is 0 Å². The summed E-state index contributed by atoms with van der Waals surface area (Å²) in [6, 6.07) is 9.04. The first kappa shape index (κ1) is 13.6. The Bertz CT molecular complexity index is 299. The first-order chi connectivity index (χ1) is 7.67. The molecular formula is C13H21NOS. The maximum atomic E-state index is 8.98. The van der Waals surface area contributed by atoms with Gasteiger partial charge in [0.25, 0.3) is 0 Å². The smallest absolute Gasteiger partial charge is 0.0582 e. The number of aliphatic hydroxyl groups is 1. The summed E-state index contributed by atoms with van der Waals surface area (Å²) in [6.07, 6.45) is 0. The third kappa shape index (κ3) is 4.16. The number of rotatable bonds is 6. The van der Waals surface area contributed by atoms with Crippen molar-refractivity contribution < 1.29 is 5.11 Å². The number of aliphatic hydroxyl groups excluding tert-OH is 1. The van der Waals surface area contributed by atoms with Crippen LogP contribution in [0.25, 0.3) is 0 Å². The summed E-state index contributed by atoms with van der Waals surface area (Å²) in [4.78, 5) is 1.31. The zero-order valence-electron chi connectivity index (χ0n) is 10.2. The first-order valence-corrected chi connectivity index (χ1v) is 6.75. The Balaban J connectivity index is 2.59. The van der Waals surface area contributed by atoms with Crippen LogP contribution in [-0.4, -0.2) is 23.5 Å². The zero-order chi connectivity index (χ0) is 12.0. The lowest BCUT2D eigenvalue weighted by atomic mass is 10.1. The van der Waals surface area contributed by atoms with Gasteiger partial charge >= 0.3 is 0 Å². The molecule has 0 aromatic heterocycles. The van der Waals surface area contributed by atoms with Gasteiger partial charge in [0.1, 0.15) is 0 Å². The second kappa shape index (κ2) is 6.94. The van der Waals surface area contributed by atoms with E-state index in [4.69, 9.17) is 5.11 Å². The van der Waals surface area contributed by atoms with Crippen LogP contribution >= 0.6 is 11.8 Å². The minimum absolute atomic E-state index is 0.139. The van der Waals surface area contributed by atoms with Crippen LogP contribution in [0.15, 0.2) is 29.2 Å². The van der Waals surface area contributed by atoms with Crippen molar-refractivity contribution in [3.05, 3.63) is 29.8 Å². The summed E-state index contributed by atoms with van der Waals surface area (Å²) in [7, 11) is 0. The molecular weight excluding hydrogens is 218 g/mol. The van der Waals surface area contributed by atoms with E-state index in [0.29, 0.717) is 0 Å². The summed E-state index contributed by atoms with van der Waals surface area (Å²) < 4.78 is 0. The molecule has 3 heteroatoms. The second-order valence-corrected chi connectivity index (χ2v) is 5.31. The van der Waals surface area contributed by atoms with Crippen molar-refractivity contribution in [1.29, 1.82) is 0 Å². The lowest BCUT2D eigenvalue weighted by molar-refractivity contribution is 0.243. The Kier molecular flexibility index (Phi) is 5.88. The number of hydrogen-bond donors (Lipinski definition) is 2. The number of hydrogen-bond acceptors (Lipinski definition) is 3. The molecule has 0 aliphatic carbocycles. The molecule has 0 saturated carbocycles. The summed E-state index contributed by atoms with van der Waals surface area (Å²) in [5.74, 6) is 1.11. The molecule has 1 aromatic carbocycles. The van der Waals surface area contributed by atoms with E-state index < -0.39 is 0 Å². The van der Waals surface area contributed by atoms with Crippen molar-refractivity contribution >= 4 is 11.8 Å². The van der Waals surface area contributed by atoms with Gasteiger partial charge in [-0.1, -0.05) is 19.1 Å². The van der Waals surface area contributed by atoms with Crippen LogP contribution in [0.1, 0.15) is 32.4 Å². The Morgan fingerprint density at radius 1 is 1.25 bits per heavy atom. The number of nitrogens with one attached hydrogen (secondary N) is 1. The normalized spacial score (nSPS) is 14.8. The monoisotopic (exact) mass is 239 g/mol. The molecule has 1 unspecified atom stereocenters. The molecule has 2 atom stereocenters. The predicted octanol–water partition coefficient (Wildman–Crippen LogP) is 2.83. The summed E-state index contributed by atoms with van der Waals surface area (Å²) in [5.41, 5.74) is 1.26. The summed E-state index contributed by atoms with van der Waals surface area (Å²) in [6.45, 7) is 6.44. The third-order valence-corrected chi connectivity index (χ3v) is 3.39. The van der Waals surface area contributed by atoms with Gasteiger partial charge in [-0.05, 0) is 37.3 Å². The third-order valence-electron chi connectivity index (χ3n) is 2.50. The second-order valence-electron chi connectivity index (χ2n) is 3.97. The fourth-order valence-electron chi connectivity index (χ4n) is 1.60. The molecule has 16 heavy (non-hydrogen) atoms. The van der Waals surface area contributed by atoms with E-state index in [1.807, 2.05) is 18.7 Å². The van der Waals surface area contributed by atoms with Crippen LogP contribution in [0.2, 0.25) is 0 Å². The van der Waals surface area contributed by atoms with E-state index in [9.17, 15) is 0 Å². The molecule has 0 bridgehead atoms. The molecule has 0 spiro atoms. The Hall–Kier alpha value is -0.510. The quantitative estimate of drug-likeness (QED) is 0.749. The fraction of sp³-hybridized carbons (Fsp3) is 0.538. The molecule has 0 saturated heterocycles. The molecule has 1 aromatic rings. The number of benzene rings is 1. The van der Waals surface area contributed by atoms with Gasteiger partial charge in [-0.3, -0.25) is 0 Å². The molecule has 0 amide bonds. The highest BCUT2D eigenvalue weighted by Crippen LogP contribution is 2.20. The van der Waals surface area contributed by atoms with Gasteiger partial charge < -0.3 is 10.4 Å². The highest BCUT2D eigenvalue weighted by molar-refractivity contribution is 7.99. The highest BCUT2D eigenvalue weighted by Gasteiger charge is 2.08. The minimum Gasteiger partial charge on any atom is -0.395 e. The van der Waals surface area contributed by atoms with E-state index in [1.165, 1.54) is 10.5 Å². The molecule has 2 nitrogen and oxygen atoms in total. The number of thioether (sulfide) groups is 1. The average molecular weight is 239 g/mol. The van der Waals surface area contributed by atoms with Crippen LogP contribution in [0.5, 0.6) is 0 Å². The fourth-order valence-corrected chi connectivity index (χ4v) is 2.26. The average Bonchev–Trinajstić information content (AvgIpc) is 2.30. The van der Waals surface area contributed by atoms with Crippen LogP contribution in [0, 0.1) is 0 Å². The van der Waals surface area contributed by atoms with Crippen molar-refractivity contribution in [2.45, 2.75) is 37.8 Å². The summed E-state index contributed by atoms with van der Waals surface area (Å²) >= 11 is 1.85. The molecule has 90 valence electrons. The molecule has 0 radical (unpaired) electrons. The van der Waals surface area contributed by atoms with Gasteiger partial charge in [0.2, 0.25) is 0 Å². The molecule has 0 fully saturated rings. The lowest BCUT2D eigenvalue weighted by Crippen LogP contribution is -2.31. The van der Waals surface area contributed by atoms with Gasteiger partial charge in [0.15, 0.2) is 0 Å². The molecule has 0 aliphatic rings.